The average molecular weight is 304 g/mol. The van der Waals surface area contributed by atoms with Gasteiger partial charge in [0, 0.05) is 4.47 Å². The van der Waals surface area contributed by atoms with Gasteiger partial charge >= 0.3 is 0 Å². The molecule has 1 heterocycles. The molecule has 0 unspecified atom stereocenters. The highest BCUT2D eigenvalue weighted by molar-refractivity contribution is 9.10. The number of rotatable bonds is 2. The molecule has 1 aromatic rings. The molecule has 1 saturated heterocycles. The van der Waals surface area contributed by atoms with Crippen LogP contribution in [0.3, 0.4) is 0 Å². The van der Waals surface area contributed by atoms with Gasteiger partial charge in [0.15, 0.2) is 5.79 Å². The quantitative estimate of drug-likeness (QED) is 0.910. The molecular weight excluding hydrogens is 289 g/mol. The van der Waals surface area contributed by atoms with E-state index in [1.165, 1.54) is 6.07 Å². The Morgan fingerprint density at radius 2 is 2.00 bits per heavy atom. The summed E-state index contributed by atoms with van der Waals surface area (Å²) >= 11 is 3.31. The zero-order valence-electron chi connectivity index (χ0n) is 9.80. The van der Waals surface area contributed by atoms with Gasteiger partial charge in [0.25, 0.3) is 0 Å². The molecule has 0 amide bonds. The second-order valence-electron chi connectivity index (χ2n) is 4.49. The fourth-order valence-corrected chi connectivity index (χ4v) is 1.96. The predicted octanol–water partition coefficient (Wildman–Crippen LogP) is 3.15. The molecule has 1 aromatic carbocycles. The van der Waals surface area contributed by atoms with Crippen LogP contribution in [0.5, 0.6) is 0 Å². The summed E-state index contributed by atoms with van der Waals surface area (Å²) in [4.78, 5) is 0. The molecule has 0 radical (unpaired) electrons. The van der Waals surface area contributed by atoms with E-state index < -0.39 is 5.79 Å². The highest BCUT2D eigenvalue weighted by atomic mass is 79.9. The third-order valence-corrected chi connectivity index (χ3v) is 3.05. The smallest absolute Gasteiger partial charge is 0.162 e. The van der Waals surface area contributed by atoms with Crippen molar-refractivity contribution in [3.63, 3.8) is 0 Å². The maximum atomic E-state index is 13.5. The Bertz CT molecular complexity index is 401. The summed E-state index contributed by atoms with van der Waals surface area (Å²) < 4.78 is 25.3. The van der Waals surface area contributed by atoms with Crippen molar-refractivity contribution in [2.45, 2.75) is 25.7 Å². The molecular formula is C12H15BrFNO2. The van der Waals surface area contributed by atoms with Crippen LogP contribution in [0.25, 0.3) is 0 Å². The van der Waals surface area contributed by atoms with E-state index in [1.807, 2.05) is 13.8 Å². The number of hydrogen-bond donors (Lipinski definition) is 1. The lowest BCUT2D eigenvalue weighted by molar-refractivity contribution is -0.247. The lowest BCUT2D eigenvalue weighted by Crippen LogP contribution is -2.45. The zero-order valence-corrected chi connectivity index (χ0v) is 11.4. The maximum absolute atomic E-state index is 13.5. The first-order valence-electron chi connectivity index (χ1n) is 5.46. The molecule has 94 valence electrons. The van der Waals surface area contributed by atoms with Gasteiger partial charge in [0.1, 0.15) is 5.82 Å². The van der Waals surface area contributed by atoms with Crippen LogP contribution >= 0.6 is 15.9 Å². The summed E-state index contributed by atoms with van der Waals surface area (Å²) in [7, 11) is 0. The topological polar surface area (TPSA) is 30.5 Å². The van der Waals surface area contributed by atoms with Crippen LogP contribution in [0.15, 0.2) is 22.7 Å². The van der Waals surface area contributed by atoms with Crippen LogP contribution in [0.4, 0.5) is 10.1 Å². The van der Waals surface area contributed by atoms with E-state index in [1.54, 1.807) is 12.1 Å². The Labute approximate surface area is 108 Å². The van der Waals surface area contributed by atoms with Crippen LogP contribution in [0.2, 0.25) is 0 Å². The van der Waals surface area contributed by atoms with Crippen molar-refractivity contribution in [3.05, 3.63) is 28.5 Å². The number of hydrogen-bond acceptors (Lipinski definition) is 3. The van der Waals surface area contributed by atoms with Crippen LogP contribution in [0.1, 0.15) is 13.8 Å². The van der Waals surface area contributed by atoms with Crippen molar-refractivity contribution >= 4 is 21.6 Å². The van der Waals surface area contributed by atoms with Gasteiger partial charge in [-0.05, 0) is 32.0 Å². The molecule has 2 rings (SSSR count). The average Bonchev–Trinajstić information content (AvgIpc) is 2.26. The highest BCUT2D eigenvalue weighted by Crippen LogP contribution is 2.23. The van der Waals surface area contributed by atoms with E-state index >= 15 is 0 Å². The Balaban J connectivity index is 2.00. The van der Waals surface area contributed by atoms with Crippen molar-refractivity contribution in [1.29, 1.82) is 0 Å². The second-order valence-corrected chi connectivity index (χ2v) is 5.40. The SMILES string of the molecule is CC1(C)OCC(Nc2cc(Br)ccc2F)CO1. The van der Waals surface area contributed by atoms with Crippen molar-refractivity contribution < 1.29 is 13.9 Å². The first kappa shape index (κ1) is 12.8. The van der Waals surface area contributed by atoms with Crippen molar-refractivity contribution in [2.75, 3.05) is 18.5 Å². The molecule has 1 fully saturated rings. The standard InChI is InChI=1S/C12H15BrFNO2/c1-12(2)16-6-9(7-17-12)15-11-5-8(13)3-4-10(11)14/h3-5,9,15H,6-7H2,1-2H3. The monoisotopic (exact) mass is 303 g/mol. The third-order valence-electron chi connectivity index (χ3n) is 2.55. The molecule has 17 heavy (non-hydrogen) atoms. The summed E-state index contributed by atoms with van der Waals surface area (Å²) in [6.07, 6.45) is 0. The Morgan fingerprint density at radius 3 is 2.65 bits per heavy atom. The minimum atomic E-state index is -0.548. The van der Waals surface area contributed by atoms with Crippen LogP contribution < -0.4 is 5.32 Å². The van der Waals surface area contributed by atoms with Crippen LogP contribution in [-0.2, 0) is 9.47 Å². The predicted molar refractivity (Wildman–Crippen MR) is 67.5 cm³/mol. The molecule has 3 nitrogen and oxygen atoms in total. The second kappa shape index (κ2) is 4.92. The van der Waals surface area contributed by atoms with Crippen molar-refractivity contribution in [2.24, 2.45) is 0 Å². The molecule has 1 N–H and O–H groups in total. The number of halogens is 2. The Kier molecular flexibility index (Phi) is 3.70. The summed E-state index contributed by atoms with van der Waals surface area (Å²) in [5, 5.41) is 3.07. The first-order valence-corrected chi connectivity index (χ1v) is 6.25. The van der Waals surface area contributed by atoms with E-state index in [2.05, 4.69) is 21.2 Å². The van der Waals surface area contributed by atoms with Gasteiger partial charge in [-0.2, -0.15) is 0 Å². The molecule has 0 spiro atoms. The summed E-state index contributed by atoms with van der Waals surface area (Å²) in [5.41, 5.74) is 0.455. The minimum Gasteiger partial charge on any atom is -0.375 e. The van der Waals surface area contributed by atoms with Gasteiger partial charge in [0.05, 0.1) is 24.9 Å². The van der Waals surface area contributed by atoms with Gasteiger partial charge in [-0.1, -0.05) is 15.9 Å². The molecule has 0 bridgehead atoms. The molecule has 0 atom stereocenters. The fraction of sp³-hybridized carbons (Fsp3) is 0.500. The third kappa shape index (κ3) is 3.40. The number of anilines is 1. The van der Waals surface area contributed by atoms with Crippen LogP contribution in [0, 0.1) is 5.82 Å². The van der Waals surface area contributed by atoms with Gasteiger partial charge < -0.3 is 14.8 Å². The minimum absolute atomic E-state index is 0.0353. The summed E-state index contributed by atoms with van der Waals surface area (Å²) in [6, 6.07) is 4.75. The molecule has 0 aromatic heterocycles. The van der Waals surface area contributed by atoms with Crippen molar-refractivity contribution in [3.8, 4) is 0 Å². The summed E-state index contributed by atoms with van der Waals surface area (Å²) in [6.45, 7) is 4.73. The number of ether oxygens (including phenoxy) is 2. The number of nitrogens with one attached hydrogen (secondary N) is 1. The van der Waals surface area contributed by atoms with Gasteiger partial charge in [-0.25, -0.2) is 4.39 Å². The normalized spacial score (nSPS) is 20.2. The zero-order chi connectivity index (χ0) is 12.5. The molecule has 0 saturated carbocycles. The first-order chi connectivity index (χ1) is 7.96. The molecule has 1 aliphatic rings. The van der Waals surface area contributed by atoms with Gasteiger partial charge in [0.2, 0.25) is 0 Å². The lowest BCUT2D eigenvalue weighted by atomic mass is 10.2. The Morgan fingerprint density at radius 1 is 1.35 bits per heavy atom. The molecule has 1 aliphatic heterocycles. The van der Waals surface area contributed by atoms with Crippen molar-refractivity contribution in [1.82, 2.24) is 0 Å². The van der Waals surface area contributed by atoms with Gasteiger partial charge in [-0.3, -0.25) is 0 Å². The molecule has 5 heteroatoms. The van der Waals surface area contributed by atoms with E-state index in [0.717, 1.165) is 4.47 Å². The molecule has 0 aliphatic carbocycles. The van der Waals surface area contributed by atoms with E-state index in [4.69, 9.17) is 9.47 Å². The van der Waals surface area contributed by atoms with Crippen LogP contribution in [-0.4, -0.2) is 25.0 Å². The highest BCUT2D eigenvalue weighted by Gasteiger charge is 2.28. The van der Waals surface area contributed by atoms with Gasteiger partial charge in [-0.15, -0.1) is 0 Å². The largest absolute Gasteiger partial charge is 0.375 e. The van der Waals surface area contributed by atoms with E-state index in [9.17, 15) is 4.39 Å². The Hall–Kier alpha value is -0.650. The van der Waals surface area contributed by atoms with E-state index in [-0.39, 0.29) is 11.9 Å². The maximum Gasteiger partial charge on any atom is 0.162 e. The fourth-order valence-electron chi connectivity index (χ4n) is 1.60. The number of benzene rings is 1. The lowest BCUT2D eigenvalue weighted by Gasteiger charge is -2.35. The van der Waals surface area contributed by atoms with E-state index in [0.29, 0.717) is 18.9 Å². The summed E-state index contributed by atoms with van der Waals surface area (Å²) in [5.74, 6) is -0.827.